The molecule has 1 unspecified atom stereocenters. The second-order valence-electron chi connectivity index (χ2n) is 4.19. The van der Waals surface area contributed by atoms with Crippen LogP contribution in [0.15, 0.2) is 21.9 Å². The summed E-state index contributed by atoms with van der Waals surface area (Å²) >= 11 is -2.14. The summed E-state index contributed by atoms with van der Waals surface area (Å²) in [7, 11) is 1.14. The summed E-state index contributed by atoms with van der Waals surface area (Å²) in [6.45, 7) is -0.531. The number of hydrogen-bond acceptors (Lipinski definition) is 8. The van der Waals surface area contributed by atoms with Gasteiger partial charge in [-0.25, -0.2) is 4.79 Å². The Kier molecular flexibility index (Phi) is 5.03. The second kappa shape index (κ2) is 6.60. The van der Waals surface area contributed by atoms with E-state index in [1.807, 2.05) is 4.98 Å². The highest BCUT2D eigenvalue weighted by atomic mass is 32.2. The summed E-state index contributed by atoms with van der Waals surface area (Å²) in [4.78, 5) is 24.7. The normalized spacial score (nSPS) is 30.4. The third-order valence-corrected chi connectivity index (χ3v) is 3.59. The number of aliphatic hydroxyl groups is 2. The van der Waals surface area contributed by atoms with Crippen LogP contribution >= 0.6 is 0 Å². The van der Waals surface area contributed by atoms with Crippen molar-refractivity contribution in [1.82, 2.24) is 9.55 Å². The number of nitrogens with zero attached hydrogens (tertiary/aromatic N) is 1. The van der Waals surface area contributed by atoms with Crippen LogP contribution in [0.2, 0.25) is 0 Å². The molecule has 118 valence electrons. The van der Waals surface area contributed by atoms with Crippen molar-refractivity contribution in [2.24, 2.45) is 0 Å². The van der Waals surface area contributed by atoms with Crippen molar-refractivity contribution in [2.45, 2.75) is 24.5 Å². The maximum Gasteiger partial charge on any atom is 0.330 e. The summed E-state index contributed by atoms with van der Waals surface area (Å²) in [5.74, 6) is 0. The molecule has 0 bridgehead atoms. The largest absolute Gasteiger partial charge is 0.394 e. The highest BCUT2D eigenvalue weighted by molar-refractivity contribution is 7.75. The van der Waals surface area contributed by atoms with Gasteiger partial charge in [0.15, 0.2) is 6.23 Å². The zero-order valence-electron chi connectivity index (χ0n) is 10.9. The molecule has 1 saturated heterocycles. The highest BCUT2D eigenvalue weighted by Gasteiger charge is 2.46. The molecule has 1 aromatic heterocycles. The molecule has 10 nitrogen and oxygen atoms in total. The van der Waals surface area contributed by atoms with Crippen molar-refractivity contribution in [3.63, 3.8) is 0 Å². The van der Waals surface area contributed by atoms with Crippen molar-refractivity contribution in [1.29, 1.82) is 0 Å². The van der Waals surface area contributed by atoms with Crippen LogP contribution in [0.5, 0.6) is 0 Å². The molecule has 0 saturated carbocycles. The molecule has 2 heterocycles. The molecule has 1 fully saturated rings. The molecule has 1 aromatic rings. The monoisotopic (exact) mass is 322 g/mol. The summed E-state index contributed by atoms with van der Waals surface area (Å²) in [5, 5.41) is 19.4. The fourth-order valence-electron chi connectivity index (χ4n) is 1.97. The van der Waals surface area contributed by atoms with Crippen LogP contribution in [0.4, 0.5) is 0 Å². The molecule has 0 aromatic carbocycles. The zero-order valence-corrected chi connectivity index (χ0v) is 11.7. The average Bonchev–Trinajstić information content (AvgIpc) is 2.76. The fraction of sp³-hybridized carbons (Fsp3) is 0.600. The van der Waals surface area contributed by atoms with Crippen LogP contribution in [-0.2, 0) is 24.5 Å². The topological polar surface area (TPSA) is 140 Å². The first-order chi connectivity index (χ1) is 9.97. The van der Waals surface area contributed by atoms with Crippen LogP contribution < -0.4 is 11.2 Å². The first-order valence-corrected chi connectivity index (χ1v) is 6.87. The lowest BCUT2D eigenvalue weighted by Gasteiger charge is -2.18. The molecular formula is C10H14N2O8S. The van der Waals surface area contributed by atoms with Crippen molar-refractivity contribution >= 4 is 11.4 Å². The fourth-order valence-corrected chi connectivity index (χ4v) is 2.47. The molecule has 21 heavy (non-hydrogen) atoms. The summed E-state index contributed by atoms with van der Waals surface area (Å²) in [6.07, 6.45) is -3.64. The van der Waals surface area contributed by atoms with Gasteiger partial charge in [0, 0.05) is 12.3 Å². The number of aromatic nitrogens is 2. The smallest absolute Gasteiger partial charge is 0.330 e. The average molecular weight is 322 g/mol. The Labute approximate surface area is 120 Å². The van der Waals surface area contributed by atoms with E-state index >= 15 is 0 Å². The first kappa shape index (κ1) is 16.0. The van der Waals surface area contributed by atoms with Gasteiger partial charge in [0.05, 0.1) is 13.7 Å². The molecular weight excluding hydrogens is 308 g/mol. The number of aliphatic hydroxyl groups excluding tert-OH is 2. The maximum atomic E-state index is 11.7. The number of rotatable bonds is 5. The van der Waals surface area contributed by atoms with Gasteiger partial charge in [-0.1, -0.05) is 0 Å². The molecule has 5 atom stereocenters. The Morgan fingerprint density at radius 3 is 2.81 bits per heavy atom. The highest BCUT2D eigenvalue weighted by Crippen LogP contribution is 2.30. The molecule has 0 aliphatic carbocycles. The van der Waals surface area contributed by atoms with Crippen molar-refractivity contribution < 1.29 is 27.5 Å². The summed E-state index contributed by atoms with van der Waals surface area (Å²) in [6, 6.07) is 1.08. The maximum absolute atomic E-state index is 11.7. The van der Waals surface area contributed by atoms with Gasteiger partial charge in [-0.3, -0.25) is 22.7 Å². The van der Waals surface area contributed by atoms with Crippen LogP contribution in [-0.4, -0.2) is 56.0 Å². The van der Waals surface area contributed by atoms with Gasteiger partial charge >= 0.3 is 17.1 Å². The van der Waals surface area contributed by atoms with Crippen LogP contribution in [0.3, 0.4) is 0 Å². The van der Waals surface area contributed by atoms with E-state index < -0.39 is 53.8 Å². The van der Waals surface area contributed by atoms with E-state index in [1.165, 1.54) is 0 Å². The molecule has 2 rings (SSSR count). The number of nitrogens with one attached hydrogen (secondary N) is 1. The Balaban J connectivity index is 2.28. The number of aromatic amines is 1. The van der Waals surface area contributed by atoms with Gasteiger partial charge in [0.25, 0.3) is 5.56 Å². The van der Waals surface area contributed by atoms with Crippen LogP contribution in [0.1, 0.15) is 6.23 Å². The molecule has 3 N–H and O–H groups in total. The van der Waals surface area contributed by atoms with E-state index in [0.29, 0.717) is 0 Å². The van der Waals surface area contributed by atoms with E-state index in [4.69, 9.17) is 8.92 Å². The van der Waals surface area contributed by atoms with Gasteiger partial charge in [-0.05, 0) is 0 Å². The molecule has 1 aliphatic rings. The Hall–Kier alpha value is -1.37. The van der Waals surface area contributed by atoms with E-state index in [0.717, 1.165) is 23.9 Å². The number of ether oxygens (including phenoxy) is 1. The minimum absolute atomic E-state index is 0.531. The lowest BCUT2D eigenvalue weighted by molar-refractivity contribution is -0.0544. The zero-order chi connectivity index (χ0) is 15.6. The minimum atomic E-state index is -2.14. The van der Waals surface area contributed by atoms with Gasteiger partial charge in [0.2, 0.25) is 0 Å². The number of hydrogen-bond donors (Lipinski definition) is 3. The van der Waals surface area contributed by atoms with Gasteiger partial charge in [-0.2, -0.15) is 4.21 Å². The molecule has 11 heteroatoms. The van der Waals surface area contributed by atoms with Gasteiger partial charge < -0.3 is 14.9 Å². The van der Waals surface area contributed by atoms with Crippen molar-refractivity contribution in [3.8, 4) is 0 Å². The van der Waals surface area contributed by atoms with Gasteiger partial charge in [-0.15, -0.1) is 0 Å². The standard InChI is InChI=1S/C10H14N2O8S/c1-18-21(17)20-8-5(4-13)19-9(7(8)15)12-3-2-6(14)11-10(12)16/h2-3,5,7-9,13,15H,4H2,1H3,(H,11,14,16)/t5-,7+,8+,9-,21?/m1/s1. The minimum Gasteiger partial charge on any atom is -0.394 e. The number of H-pyrrole nitrogens is 1. The molecule has 0 radical (unpaired) electrons. The molecule has 0 amide bonds. The predicted molar refractivity (Wildman–Crippen MR) is 68.3 cm³/mol. The quantitative estimate of drug-likeness (QED) is 0.536. The van der Waals surface area contributed by atoms with Crippen molar-refractivity contribution in [3.05, 3.63) is 33.1 Å². The second-order valence-corrected chi connectivity index (χ2v) is 5.12. The Morgan fingerprint density at radius 2 is 2.24 bits per heavy atom. The lowest BCUT2D eigenvalue weighted by Crippen LogP contribution is -2.39. The molecule has 0 spiro atoms. The Morgan fingerprint density at radius 1 is 1.52 bits per heavy atom. The lowest BCUT2D eigenvalue weighted by atomic mass is 10.1. The van der Waals surface area contributed by atoms with Crippen LogP contribution in [0, 0.1) is 0 Å². The van der Waals surface area contributed by atoms with Crippen LogP contribution in [0.25, 0.3) is 0 Å². The predicted octanol–water partition coefficient (Wildman–Crippen LogP) is -2.60. The van der Waals surface area contributed by atoms with E-state index in [9.17, 15) is 24.0 Å². The van der Waals surface area contributed by atoms with Gasteiger partial charge in [0.1, 0.15) is 18.3 Å². The molecule has 1 aliphatic heterocycles. The van der Waals surface area contributed by atoms with Crippen molar-refractivity contribution in [2.75, 3.05) is 13.7 Å². The van der Waals surface area contributed by atoms with E-state index in [1.54, 1.807) is 0 Å². The van der Waals surface area contributed by atoms with E-state index in [-0.39, 0.29) is 0 Å². The Bertz CT molecular complexity index is 628. The first-order valence-electron chi connectivity index (χ1n) is 5.87. The summed E-state index contributed by atoms with van der Waals surface area (Å²) in [5.41, 5.74) is -1.40. The van der Waals surface area contributed by atoms with E-state index in [2.05, 4.69) is 4.18 Å². The SMILES string of the molecule is COS(=O)O[C@@H]1[C@H](O)[C@H](n2ccc(=O)[nH]c2=O)O[C@@H]1CO. The summed E-state index contributed by atoms with van der Waals surface area (Å²) < 4.78 is 26.8. The third-order valence-electron chi connectivity index (χ3n) is 2.94. The third kappa shape index (κ3) is 3.28.